The van der Waals surface area contributed by atoms with Gasteiger partial charge in [0.1, 0.15) is 12.2 Å². The van der Waals surface area contributed by atoms with Crippen LogP contribution < -0.4 is 0 Å². The van der Waals surface area contributed by atoms with Crippen molar-refractivity contribution < 1.29 is 18.9 Å². The van der Waals surface area contributed by atoms with Crippen molar-refractivity contribution in [2.75, 3.05) is 6.61 Å². The highest BCUT2D eigenvalue weighted by molar-refractivity contribution is 5.20. The second-order valence-corrected chi connectivity index (χ2v) is 9.41. The van der Waals surface area contributed by atoms with Crippen molar-refractivity contribution in [3.8, 4) is 0 Å². The van der Waals surface area contributed by atoms with Crippen LogP contribution in [0.4, 0.5) is 0 Å². The third-order valence-corrected chi connectivity index (χ3v) is 6.68. The highest BCUT2D eigenvalue weighted by atomic mass is 16.6. The molecule has 4 aromatic rings. The van der Waals surface area contributed by atoms with E-state index >= 15 is 0 Å². The molecule has 4 nitrogen and oxygen atoms in total. The van der Waals surface area contributed by atoms with Gasteiger partial charge in [0.2, 0.25) is 0 Å². The van der Waals surface area contributed by atoms with Gasteiger partial charge in [-0.2, -0.15) is 0 Å². The molecule has 1 aliphatic heterocycles. The maximum Gasteiger partial charge on any atom is 0.113 e. The number of rotatable bonds is 11. The van der Waals surface area contributed by atoms with Gasteiger partial charge >= 0.3 is 0 Å². The van der Waals surface area contributed by atoms with E-state index in [2.05, 4.69) is 60.7 Å². The molecular formula is C33H34O4. The Balaban J connectivity index is 1.35. The average Bonchev–Trinajstić information content (AvgIpc) is 2.97. The molecule has 0 radical (unpaired) electrons. The lowest BCUT2D eigenvalue weighted by Crippen LogP contribution is -2.50. The van der Waals surface area contributed by atoms with E-state index in [1.165, 1.54) is 0 Å². The molecule has 0 N–H and O–H groups in total. The zero-order valence-corrected chi connectivity index (χ0v) is 21.0. The molecule has 0 spiro atoms. The monoisotopic (exact) mass is 494 g/mol. The van der Waals surface area contributed by atoms with E-state index in [0.29, 0.717) is 32.8 Å². The summed E-state index contributed by atoms with van der Waals surface area (Å²) < 4.78 is 25.9. The van der Waals surface area contributed by atoms with Crippen LogP contribution >= 0.6 is 0 Å². The Hall–Kier alpha value is -3.28. The zero-order chi connectivity index (χ0) is 25.1. The summed E-state index contributed by atoms with van der Waals surface area (Å²) in [5, 5.41) is 0. The van der Waals surface area contributed by atoms with Crippen LogP contribution in [0.25, 0.3) is 0 Å². The predicted octanol–water partition coefficient (Wildman–Crippen LogP) is 6.90. The minimum atomic E-state index is -0.271. The van der Waals surface area contributed by atoms with Crippen LogP contribution in [0, 0.1) is 0 Å². The molecule has 0 amide bonds. The van der Waals surface area contributed by atoms with E-state index in [1.807, 2.05) is 60.7 Å². The molecule has 1 saturated heterocycles. The smallest absolute Gasteiger partial charge is 0.113 e. The van der Waals surface area contributed by atoms with Gasteiger partial charge < -0.3 is 18.9 Å². The van der Waals surface area contributed by atoms with Crippen LogP contribution in [0.15, 0.2) is 121 Å². The van der Waals surface area contributed by atoms with Gasteiger partial charge in [0.25, 0.3) is 0 Å². The summed E-state index contributed by atoms with van der Waals surface area (Å²) in [6, 6.07) is 41.1. The Bertz CT molecular complexity index is 1170. The molecule has 0 bridgehead atoms. The summed E-state index contributed by atoms with van der Waals surface area (Å²) in [4.78, 5) is 0. The Kier molecular flexibility index (Phi) is 9.13. The fraction of sp³-hybridized carbons (Fsp3) is 0.273. The topological polar surface area (TPSA) is 36.9 Å². The maximum absolute atomic E-state index is 6.66. The van der Waals surface area contributed by atoms with E-state index in [4.69, 9.17) is 18.9 Å². The van der Waals surface area contributed by atoms with Crippen molar-refractivity contribution in [2.45, 2.75) is 50.7 Å². The molecule has 4 heteroatoms. The normalized spacial score (nSPS) is 21.5. The van der Waals surface area contributed by atoms with E-state index in [0.717, 1.165) is 22.3 Å². The fourth-order valence-corrected chi connectivity index (χ4v) is 4.73. The second-order valence-electron chi connectivity index (χ2n) is 9.41. The molecule has 0 saturated carbocycles. The number of hydrogen-bond donors (Lipinski definition) is 0. The first-order chi connectivity index (χ1) is 18.3. The minimum absolute atomic E-state index is 0.0936. The first-order valence-electron chi connectivity index (χ1n) is 13.0. The second kappa shape index (κ2) is 13.3. The van der Waals surface area contributed by atoms with Gasteiger partial charge in [-0.25, -0.2) is 0 Å². The largest absolute Gasteiger partial charge is 0.374 e. The SMILES string of the molecule is c1ccc(COC[C@H]2O[C@@H](c3ccccc3)C[C@@H](OCc3ccccc3)C2OCc2ccccc2)cc1. The molecule has 0 aliphatic carbocycles. The molecular weight excluding hydrogens is 460 g/mol. The van der Waals surface area contributed by atoms with Gasteiger partial charge in [-0.3, -0.25) is 0 Å². The lowest BCUT2D eigenvalue weighted by atomic mass is 9.93. The summed E-state index contributed by atoms with van der Waals surface area (Å²) in [6.07, 6.45) is -0.0604. The number of hydrogen-bond acceptors (Lipinski definition) is 4. The van der Waals surface area contributed by atoms with Crippen LogP contribution in [0.1, 0.15) is 34.8 Å². The lowest BCUT2D eigenvalue weighted by Gasteiger charge is -2.41. The molecule has 1 unspecified atom stereocenters. The minimum Gasteiger partial charge on any atom is -0.374 e. The van der Waals surface area contributed by atoms with Crippen LogP contribution in [0.5, 0.6) is 0 Å². The Morgan fingerprint density at radius 3 is 1.62 bits per heavy atom. The molecule has 190 valence electrons. The van der Waals surface area contributed by atoms with E-state index in [1.54, 1.807) is 0 Å². The highest BCUT2D eigenvalue weighted by Crippen LogP contribution is 2.35. The molecule has 0 aromatic heterocycles. The molecule has 1 aliphatic rings. The van der Waals surface area contributed by atoms with Crippen molar-refractivity contribution >= 4 is 0 Å². The first-order valence-corrected chi connectivity index (χ1v) is 13.0. The Morgan fingerprint density at radius 2 is 1.05 bits per heavy atom. The van der Waals surface area contributed by atoms with Gasteiger partial charge in [-0.1, -0.05) is 121 Å². The van der Waals surface area contributed by atoms with Crippen LogP contribution in [-0.4, -0.2) is 24.9 Å². The maximum atomic E-state index is 6.66. The lowest BCUT2D eigenvalue weighted by molar-refractivity contribution is -0.222. The molecule has 1 heterocycles. The van der Waals surface area contributed by atoms with Gasteiger partial charge in [0, 0.05) is 6.42 Å². The fourth-order valence-electron chi connectivity index (χ4n) is 4.73. The van der Waals surface area contributed by atoms with Gasteiger partial charge in [-0.05, 0) is 22.3 Å². The standard InChI is InChI=1S/C33H34O4/c1-5-13-26(14-6-1)22-34-25-32-33(36-24-28-17-9-3-10-18-28)31(35-23-27-15-7-2-8-16-27)21-30(37-32)29-19-11-4-12-20-29/h1-20,30-33H,21-25H2/t30-,31-,32-,33?/m1/s1. The average molecular weight is 495 g/mol. The van der Waals surface area contributed by atoms with E-state index in [9.17, 15) is 0 Å². The molecule has 4 atom stereocenters. The predicted molar refractivity (Wildman–Crippen MR) is 145 cm³/mol. The summed E-state index contributed by atoms with van der Waals surface area (Å²) in [7, 11) is 0. The van der Waals surface area contributed by atoms with Crippen molar-refractivity contribution in [3.05, 3.63) is 144 Å². The molecule has 5 rings (SSSR count). The van der Waals surface area contributed by atoms with Crippen molar-refractivity contribution in [2.24, 2.45) is 0 Å². The van der Waals surface area contributed by atoms with E-state index < -0.39 is 0 Å². The van der Waals surface area contributed by atoms with Gasteiger partial charge in [0.15, 0.2) is 0 Å². The zero-order valence-electron chi connectivity index (χ0n) is 21.0. The first kappa shape index (κ1) is 25.4. The molecule has 37 heavy (non-hydrogen) atoms. The Morgan fingerprint density at radius 1 is 0.568 bits per heavy atom. The molecule has 1 fully saturated rings. The Labute approximate surface area is 219 Å². The van der Waals surface area contributed by atoms with Crippen molar-refractivity contribution in [1.82, 2.24) is 0 Å². The number of benzene rings is 4. The third kappa shape index (κ3) is 7.37. The summed E-state index contributed by atoms with van der Waals surface area (Å²) >= 11 is 0. The summed E-state index contributed by atoms with van der Waals surface area (Å²) in [6.45, 7) is 1.96. The quantitative estimate of drug-likeness (QED) is 0.227. The highest BCUT2D eigenvalue weighted by Gasteiger charge is 2.41. The van der Waals surface area contributed by atoms with Crippen LogP contribution in [-0.2, 0) is 38.8 Å². The van der Waals surface area contributed by atoms with Crippen molar-refractivity contribution in [1.29, 1.82) is 0 Å². The summed E-state index contributed by atoms with van der Waals surface area (Å²) in [5.41, 5.74) is 4.55. The van der Waals surface area contributed by atoms with Crippen molar-refractivity contribution in [3.63, 3.8) is 0 Å². The molecule has 4 aromatic carbocycles. The van der Waals surface area contributed by atoms with E-state index in [-0.39, 0.29) is 24.4 Å². The third-order valence-electron chi connectivity index (χ3n) is 6.68. The van der Waals surface area contributed by atoms with Gasteiger partial charge in [0.05, 0.1) is 38.6 Å². The summed E-state index contributed by atoms with van der Waals surface area (Å²) in [5.74, 6) is 0. The number of ether oxygens (including phenoxy) is 4. The van der Waals surface area contributed by atoms with Crippen LogP contribution in [0.2, 0.25) is 0 Å². The van der Waals surface area contributed by atoms with Gasteiger partial charge in [-0.15, -0.1) is 0 Å². The van der Waals surface area contributed by atoms with Crippen LogP contribution in [0.3, 0.4) is 0 Å².